The van der Waals surface area contributed by atoms with Crippen LogP contribution in [0.1, 0.15) is 16.3 Å². The highest BCUT2D eigenvalue weighted by Crippen LogP contribution is 2.25. The predicted octanol–water partition coefficient (Wildman–Crippen LogP) is 3.72. The van der Waals surface area contributed by atoms with Crippen molar-refractivity contribution in [1.82, 2.24) is 5.32 Å². The number of aromatic carboxylic acids is 1. The molecular weight excluding hydrogens is 364 g/mol. The fraction of sp³-hybridized carbons (Fsp3) is 0.0769. The van der Waals surface area contributed by atoms with Crippen LogP contribution in [0.15, 0.2) is 39.2 Å². The van der Waals surface area contributed by atoms with Gasteiger partial charge in [-0.15, -0.1) is 0 Å². The molecule has 2 rings (SSSR count). The van der Waals surface area contributed by atoms with E-state index in [0.717, 1.165) is 0 Å². The van der Waals surface area contributed by atoms with Gasteiger partial charge in [0, 0.05) is 9.50 Å². The van der Waals surface area contributed by atoms with E-state index in [9.17, 15) is 9.59 Å². The van der Waals surface area contributed by atoms with E-state index >= 15 is 0 Å². The van der Waals surface area contributed by atoms with E-state index in [1.165, 1.54) is 12.1 Å². The summed E-state index contributed by atoms with van der Waals surface area (Å²) in [4.78, 5) is 22.4. The van der Waals surface area contributed by atoms with Crippen molar-refractivity contribution >= 4 is 45.2 Å². The molecule has 0 bridgehead atoms. The highest BCUT2D eigenvalue weighted by molar-refractivity contribution is 9.10. The fourth-order valence-electron chi connectivity index (χ4n) is 1.51. The van der Waals surface area contributed by atoms with Crippen LogP contribution in [0.2, 0.25) is 5.02 Å². The summed E-state index contributed by atoms with van der Waals surface area (Å²) in [6, 6.07) is 7.32. The van der Waals surface area contributed by atoms with Crippen LogP contribution in [0.5, 0.6) is 0 Å². The highest BCUT2D eigenvalue weighted by Gasteiger charge is 2.10. The zero-order valence-corrected chi connectivity index (χ0v) is 12.9. The zero-order valence-electron chi connectivity index (χ0n) is 10.5. The zero-order chi connectivity index (χ0) is 15.4. The molecule has 0 spiro atoms. The minimum atomic E-state index is -1.16. The first kappa shape index (κ1) is 15.4. The quantitative estimate of drug-likeness (QED) is 0.762. The Kier molecular flexibility index (Phi) is 4.87. The molecule has 1 heterocycles. The second kappa shape index (κ2) is 6.64. The lowest BCUT2D eigenvalue weighted by Crippen LogP contribution is -2.28. The maximum atomic E-state index is 11.7. The second-order valence-corrected chi connectivity index (χ2v) is 5.29. The SMILES string of the molecule is O=C(NCc1ccc(C(=O)O)o1)Nc1ccc(Cl)cc1Br. The number of carboxylic acid groups (broad SMARTS) is 1. The number of nitrogens with one attached hydrogen (secondary N) is 2. The minimum Gasteiger partial charge on any atom is -0.475 e. The Morgan fingerprint density at radius 1 is 1.29 bits per heavy atom. The molecule has 0 aliphatic rings. The molecule has 1 aromatic carbocycles. The number of halogens is 2. The molecule has 6 nitrogen and oxygen atoms in total. The average Bonchev–Trinajstić information content (AvgIpc) is 2.89. The smallest absolute Gasteiger partial charge is 0.371 e. The molecule has 110 valence electrons. The van der Waals surface area contributed by atoms with E-state index in [1.807, 2.05) is 0 Å². The number of benzene rings is 1. The van der Waals surface area contributed by atoms with Gasteiger partial charge in [-0.1, -0.05) is 11.6 Å². The van der Waals surface area contributed by atoms with Gasteiger partial charge < -0.3 is 20.2 Å². The number of furan rings is 1. The third kappa shape index (κ3) is 4.24. The number of amides is 2. The first-order valence-corrected chi connectivity index (χ1v) is 6.94. The van der Waals surface area contributed by atoms with Gasteiger partial charge in [0.25, 0.3) is 0 Å². The van der Waals surface area contributed by atoms with Crippen LogP contribution in [0.4, 0.5) is 10.5 Å². The van der Waals surface area contributed by atoms with Crippen LogP contribution in [0, 0.1) is 0 Å². The Balaban J connectivity index is 1.91. The van der Waals surface area contributed by atoms with Crippen molar-refractivity contribution in [3.05, 3.63) is 51.3 Å². The number of carboxylic acids is 1. The van der Waals surface area contributed by atoms with Gasteiger partial charge in [0.05, 0.1) is 12.2 Å². The maximum absolute atomic E-state index is 11.7. The van der Waals surface area contributed by atoms with E-state index < -0.39 is 12.0 Å². The summed E-state index contributed by atoms with van der Waals surface area (Å²) in [7, 11) is 0. The number of carbonyl (C=O) groups is 2. The molecule has 0 aliphatic heterocycles. The van der Waals surface area contributed by atoms with Crippen molar-refractivity contribution < 1.29 is 19.1 Å². The second-order valence-electron chi connectivity index (χ2n) is 4.00. The molecule has 0 aliphatic carbocycles. The third-order valence-electron chi connectivity index (χ3n) is 2.47. The first-order chi connectivity index (χ1) is 9.95. The van der Waals surface area contributed by atoms with Crippen molar-refractivity contribution in [2.45, 2.75) is 6.54 Å². The Morgan fingerprint density at radius 2 is 2.05 bits per heavy atom. The molecule has 0 unspecified atom stereocenters. The molecule has 3 N–H and O–H groups in total. The van der Waals surface area contributed by atoms with E-state index in [-0.39, 0.29) is 12.3 Å². The predicted molar refractivity (Wildman–Crippen MR) is 80.7 cm³/mol. The normalized spacial score (nSPS) is 10.2. The molecule has 2 amide bonds. The van der Waals surface area contributed by atoms with Crippen LogP contribution in [0.25, 0.3) is 0 Å². The van der Waals surface area contributed by atoms with Crippen molar-refractivity contribution in [2.24, 2.45) is 0 Å². The fourth-order valence-corrected chi connectivity index (χ4v) is 2.29. The minimum absolute atomic E-state index is 0.0737. The number of rotatable bonds is 4. The standard InChI is InChI=1S/C13H10BrClN2O4/c14-9-5-7(15)1-3-10(9)17-13(20)16-6-8-2-4-11(21-8)12(18)19/h1-5H,6H2,(H,18,19)(H2,16,17,20). The van der Waals surface area contributed by atoms with Crippen LogP contribution in [0.3, 0.4) is 0 Å². The molecule has 2 aromatic rings. The van der Waals surface area contributed by atoms with Gasteiger partial charge in [-0.2, -0.15) is 0 Å². The van der Waals surface area contributed by atoms with Gasteiger partial charge >= 0.3 is 12.0 Å². The number of hydrogen-bond acceptors (Lipinski definition) is 3. The van der Waals surface area contributed by atoms with Gasteiger partial charge in [0.2, 0.25) is 5.76 Å². The van der Waals surface area contributed by atoms with Crippen molar-refractivity contribution in [3.63, 3.8) is 0 Å². The molecule has 0 saturated heterocycles. The Hall–Kier alpha value is -1.99. The lowest BCUT2D eigenvalue weighted by molar-refractivity contribution is 0.0660. The van der Waals surface area contributed by atoms with Crippen molar-refractivity contribution in [3.8, 4) is 0 Å². The monoisotopic (exact) mass is 372 g/mol. The molecule has 0 atom stereocenters. The number of anilines is 1. The molecule has 0 fully saturated rings. The van der Waals surface area contributed by atoms with Gasteiger partial charge in [-0.25, -0.2) is 9.59 Å². The average molecular weight is 374 g/mol. The van der Waals surface area contributed by atoms with Gasteiger partial charge in [0.15, 0.2) is 0 Å². The van der Waals surface area contributed by atoms with E-state index in [2.05, 4.69) is 26.6 Å². The van der Waals surface area contributed by atoms with Gasteiger partial charge in [-0.05, 0) is 46.3 Å². The largest absolute Gasteiger partial charge is 0.475 e. The summed E-state index contributed by atoms with van der Waals surface area (Å²) in [6.07, 6.45) is 0. The summed E-state index contributed by atoms with van der Waals surface area (Å²) in [6.45, 7) is 0.0737. The lowest BCUT2D eigenvalue weighted by Gasteiger charge is -2.08. The molecule has 0 radical (unpaired) electrons. The summed E-state index contributed by atoms with van der Waals surface area (Å²) >= 11 is 9.08. The summed E-state index contributed by atoms with van der Waals surface area (Å²) in [5.41, 5.74) is 0.558. The first-order valence-electron chi connectivity index (χ1n) is 5.77. The van der Waals surface area contributed by atoms with E-state index in [0.29, 0.717) is 20.9 Å². The number of urea groups is 1. The topological polar surface area (TPSA) is 91.6 Å². The van der Waals surface area contributed by atoms with Crippen LogP contribution in [-0.4, -0.2) is 17.1 Å². The third-order valence-corrected chi connectivity index (χ3v) is 3.37. The molecule has 21 heavy (non-hydrogen) atoms. The Bertz CT molecular complexity index is 687. The Labute approximate surface area is 133 Å². The maximum Gasteiger partial charge on any atom is 0.371 e. The lowest BCUT2D eigenvalue weighted by atomic mass is 10.3. The van der Waals surface area contributed by atoms with Gasteiger partial charge in [-0.3, -0.25) is 0 Å². The van der Waals surface area contributed by atoms with Crippen LogP contribution >= 0.6 is 27.5 Å². The summed E-state index contributed by atoms with van der Waals surface area (Å²) in [5, 5.41) is 14.4. The summed E-state index contributed by atoms with van der Waals surface area (Å²) in [5.74, 6) is -0.985. The summed E-state index contributed by atoms with van der Waals surface area (Å²) < 4.78 is 5.67. The highest BCUT2D eigenvalue weighted by atomic mass is 79.9. The Morgan fingerprint density at radius 3 is 2.67 bits per heavy atom. The molecule has 1 aromatic heterocycles. The van der Waals surface area contributed by atoms with E-state index in [4.69, 9.17) is 21.1 Å². The molecular formula is C13H10BrClN2O4. The van der Waals surface area contributed by atoms with Gasteiger partial charge in [0.1, 0.15) is 5.76 Å². The number of hydrogen-bond donors (Lipinski definition) is 3. The van der Waals surface area contributed by atoms with Crippen molar-refractivity contribution in [2.75, 3.05) is 5.32 Å². The van der Waals surface area contributed by atoms with Crippen LogP contribution < -0.4 is 10.6 Å². The van der Waals surface area contributed by atoms with Crippen molar-refractivity contribution in [1.29, 1.82) is 0 Å². The van der Waals surface area contributed by atoms with E-state index in [1.54, 1.807) is 18.2 Å². The molecule has 0 saturated carbocycles. The molecule has 8 heteroatoms. The number of carbonyl (C=O) groups excluding carboxylic acids is 1. The van der Waals surface area contributed by atoms with Crippen LogP contribution in [-0.2, 0) is 6.54 Å².